The molecule has 3 rings (SSSR count). The second-order valence-electron chi connectivity index (χ2n) is 8.10. The molecule has 8 heteroatoms. The van der Waals surface area contributed by atoms with Crippen LogP contribution in [0.4, 0.5) is 0 Å². The molecule has 1 aromatic carbocycles. The van der Waals surface area contributed by atoms with Crippen LogP contribution in [0.15, 0.2) is 38.0 Å². The van der Waals surface area contributed by atoms with Gasteiger partial charge in [-0.1, -0.05) is 15.9 Å². The summed E-state index contributed by atoms with van der Waals surface area (Å²) in [5, 5.41) is 7.04. The van der Waals surface area contributed by atoms with E-state index in [1.54, 1.807) is 7.11 Å². The largest absolute Gasteiger partial charge is 0.495 e. The average Bonchev–Trinajstić information content (AvgIpc) is 2.68. The second-order valence-corrected chi connectivity index (χ2v) is 9.87. The highest BCUT2D eigenvalue weighted by atomic mass is 79.9. The Kier molecular flexibility index (Phi) is 7.64. The first-order valence-electron chi connectivity index (χ1n) is 10.0. The molecule has 1 saturated carbocycles. The minimum atomic E-state index is -0.692. The van der Waals surface area contributed by atoms with Crippen LogP contribution in [0, 0.1) is 11.8 Å². The Balaban J connectivity index is 1.49. The first kappa shape index (κ1) is 22.6. The summed E-state index contributed by atoms with van der Waals surface area (Å²) in [6.45, 7) is 1.78. The minimum Gasteiger partial charge on any atom is -0.495 e. The fourth-order valence-electron chi connectivity index (χ4n) is 4.17. The molecule has 0 bridgehead atoms. The van der Waals surface area contributed by atoms with Crippen LogP contribution in [0.1, 0.15) is 31.2 Å². The van der Waals surface area contributed by atoms with Crippen LogP contribution in [0.25, 0.3) is 0 Å². The van der Waals surface area contributed by atoms with E-state index < -0.39 is 5.79 Å². The molecule has 0 aromatic heterocycles. The van der Waals surface area contributed by atoms with Crippen molar-refractivity contribution in [2.45, 2.75) is 38.0 Å². The molecule has 2 aliphatic rings. The summed E-state index contributed by atoms with van der Waals surface area (Å²) in [7, 11) is 5.74. The van der Waals surface area contributed by atoms with Crippen LogP contribution in [0.5, 0.6) is 5.75 Å². The molecule has 6 nitrogen and oxygen atoms in total. The van der Waals surface area contributed by atoms with Crippen molar-refractivity contribution in [2.24, 2.45) is 22.6 Å². The Morgan fingerprint density at radius 2 is 2.00 bits per heavy atom. The van der Waals surface area contributed by atoms with Gasteiger partial charge in [-0.15, -0.1) is 0 Å². The summed E-state index contributed by atoms with van der Waals surface area (Å²) in [6, 6.07) is 4.11. The molecule has 4 N–H and O–H groups in total. The maximum Gasteiger partial charge on any atom is 0.186 e. The van der Waals surface area contributed by atoms with Crippen molar-refractivity contribution in [1.29, 1.82) is 0 Å². The molecule has 0 radical (unpaired) electrons. The molecular weight excluding hydrogens is 498 g/mol. The van der Waals surface area contributed by atoms with Gasteiger partial charge in [0.1, 0.15) is 11.6 Å². The van der Waals surface area contributed by atoms with Crippen molar-refractivity contribution in [2.75, 3.05) is 27.7 Å². The number of allylic oxidation sites excluding steroid dienone is 1. The molecule has 1 aliphatic carbocycles. The summed E-state index contributed by atoms with van der Waals surface area (Å²) >= 11 is 7.13. The Hall–Kier alpha value is -1.09. The SMILES string of the molecule is COc1c(Br)cc(Br)cc1CNCC1CCC(C2(N)N=CC=C(N(C)C)N2)CC1. The highest BCUT2D eigenvalue weighted by Crippen LogP contribution is 2.36. The van der Waals surface area contributed by atoms with Crippen LogP contribution in [0.3, 0.4) is 0 Å². The zero-order valence-corrected chi connectivity index (χ0v) is 20.5. The van der Waals surface area contributed by atoms with Crippen molar-refractivity contribution in [3.8, 4) is 5.75 Å². The van der Waals surface area contributed by atoms with Gasteiger partial charge in [-0.3, -0.25) is 10.7 Å². The van der Waals surface area contributed by atoms with Crippen molar-refractivity contribution in [1.82, 2.24) is 15.5 Å². The number of nitrogens with zero attached hydrogens (tertiary/aromatic N) is 2. The quantitative estimate of drug-likeness (QED) is 0.502. The standard InChI is InChI=1S/C21H31Br2N5O/c1-28(2)19-8-9-26-21(24,27-19)16-6-4-14(5-7-16)12-25-13-15-10-17(22)11-18(23)20(15)29-3/h8-11,14,16,25,27H,4-7,12-13,24H2,1-3H3. The second kappa shape index (κ2) is 9.81. The van der Waals surface area contributed by atoms with E-state index in [-0.39, 0.29) is 0 Å². The Labute approximate surface area is 190 Å². The molecule has 160 valence electrons. The number of nitrogens with two attached hydrogens (primary N) is 1. The van der Waals surface area contributed by atoms with E-state index in [4.69, 9.17) is 10.5 Å². The summed E-state index contributed by atoms with van der Waals surface area (Å²) in [5.74, 6) is 2.22. The topological polar surface area (TPSA) is 74.9 Å². The number of methoxy groups -OCH3 is 1. The monoisotopic (exact) mass is 527 g/mol. The smallest absolute Gasteiger partial charge is 0.186 e. The maximum absolute atomic E-state index is 6.63. The average molecular weight is 529 g/mol. The maximum atomic E-state index is 6.63. The predicted molar refractivity (Wildman–Crippen MR) is 126 cm³/mol. The van der Waals surface area contributed by atoms with Crippen LogP contribution >= 0.6 is 31.9 Å². The lowest BCUT2D eigenvalue weighted by atomic mass is 9.78. The van der Waals surface area contributed by atoms with Crippen LogP contribution in [0.2, 0.25) is 0 Å². The predicted octanol–water partition coefficient (Wildman–Crippen LogP) is 3.81. The Morgan fingerprint density at radius 3 is 2.66 bits per heavy atom. The van der Waals surface area contributed by atoms with E-state index in [1.807, 2.05) is 37.4 Å². The van der Waals surface area contributed by atoms with Crippen LogP contribution < -0.4 is 21.1 Å². The van der Waals surface area contributed by atoms with Crippen molar-refractivity contribution in [3.05, 3.63) is 38.5 Å². The highest BCUT2D eigenvalue weighted by molar-refractivity contribution is 9.11. The van der Waals surface area contributed by atoms with Gasteiger partial charge in [-0.2, -0.15) is 0 Å². The van der Waals surface area contributed by atoms with E-state index in [1.165, 1.54) is 0 Å². The Bertz CT molecular complexity index is 775. The van der Waals surface area contributed by atoms with E-state index in [2.05, 4.69) is 53.6 Å². The van der Waals surface area contributed by atoms with Crippen molar-refractivity contribution < 1.29 is 4.74 Å². The molecule has 1 aliphatic heterocycles. The van der Waals surface area contributed by atoms with E-state index in [9.17, 15) is 0 Å². The molecule has 1 unspecified atom stereocenters. The van der Waals surface area contributed by atoms with Crippen molar-refractivity contribution in [3.63, 3.8) is 0 Å². The lowest BCUT2D eigenvalue weighted by molar-refractivity contribution is 0.146. The zero-order valence-electron chi connectivity index (χ0n) is 17.3. The third kappa shape index (κ3) is 5.54. The fourth-order valence-corrected chi connectivity index (χ4v) is 5.65. The number of hydrogen-bond donors (Lipinski definition) is 3. The fraction of sp³-hybridized carbons (Fsp3) is 0.571. The zero-order chi connectivity index (χ0) is 21.0. The van der Waals surface area contributed by atoms with Gasteiger partial charge in [0.15, 0.2) is 5.79 Å². The van der Waals surface area contributed by atoms with Gasteiger partial charge in [0.25, 0.3) is 0 Å². The van der Waals surface area contributed by atoms with E-state index in [0.29, 0.717) is 11.8 Å². The van der Waals surface area contributed by atoms with Gasteiger partial charge >= 0.3 is 0 Å². The molecule has 1 fully saturated rings. The van der Waals surface area contributed by atoms with Crippen LogP contribution in [-0.4, -0.2) is 44.7 Å². The molecule has 1 atom stereocenters. The number of halogens is 2. The van der Waals surface area contributed by atoms with Gasteiger partial charge in [0.2, 0.25) is 0 Å². The lowest BCUT2D eigenvalue weighted by Crippen LogP contribution is -2.60. The van der Waals surface area contributed by atoms with Gasteiger partial charge in [0.05, 0.1) is 11.6 Å². The normalized spacial score (nSPS) is 26.6. The van der Waals surface area contributed by atoms with E-state index >= 15 is 0 Å². The third-order valence-electron chi connectivity index (χ3n) is 5.84. The minimum absolute atomic E-state index is 0.347. The van der Waals surface area contributed by atoms with Gasteiger partial charge < -0.3 is 20.3 Å². The molecule has 1 aromatic rings. The number of ether oxygens (including phenoxy) is 1. The molecule has 29 heavy (non-hydrogen) atoms. The van der Waals surface area contributed by atoms with Crippen LogP contribution in [-0.2, 0) is 6.54 Å². The first-order chi connectivity index (χ1) is 13.8. The lowest BCUT2D eigenvalue weighted by Gasteiger charge is -2.42. The molecular formula is C21H31Br2N5O. The number of hydrogen-bond acceptors (Lipinski definition) is 6. The van der Waals surface area contributed by atoms with Gasteiger partial charge in [-0.05, 0) is 72.3 Å². The summed E-state index contributed by atoms with van der Waals surface area (Å²) in [4.78, 5) is 6.62. The number of aliphatic imine (C=N–C) groups is 1. The summed E-state index contributed by atoms with van der Waals surface area (Å²) in [6.07, 6.45) is 8.29. The van der Waals surface area contributed by atoms with Crippen molar-refractivity contribution >= 4 is 38.1 Å². The third-order valence-corrected chi connectivity index (χ3v) is 6.88. The number of benzene rings is 1. The van der Waals surface area contributed by atoms with Gasteiger partial charge in [-0.25, -0.2) is 0 Å². The summed E-state index contributed by atoms with van der Waals surface area (Å²) in [5.41, 5.74) is 7.77. The van der Waals surface area contributed by atoms with Gasteiger partial charge in [0, 0.05) is 42.8 Å². The molecule has 0 saturated heterocycles. The number of nitrogens with one attached hydrogen (secondary N) is 2. The number of rotatable bonds is 7. The molecule has 0 amide bonds. The Morgan fingerprint density at radius 1 is 1.28 bits per heavy atom. The van der Waals surface area contributed by atoms with E-state index in [0.717, 1.165) is 64.9 Å². The molecule has 0 spiro atoms. The first-order valence-corrected chi connectivity index (χ1v) is 11.6. The molecule has 1 heterocycles. The summed E-state index contributed by atoms with van der Waals surface area (Å²) < 4.78 is 7.55. The highest BCUT2D eigenvalue weighted by Gasteiger charge is 2.38.